The molecule has 1 aromatic carbocycles. The van der Waals surface area contributed by atoms with Crippen LogP contribution < -0.4 is 15.8 Å². The van der Waals surface area contributed by atoms with Gasteiger partial charge in [0.15, 0.2) is 0 Å². The molecule has 130 valence electrons. The van der Waals surface area contributed by atoms with Gasteiger partial charge in [0.25, 0.3) is 0 Å². The minimum absolute atomic E-state index is 0. The first kappa shape index (κ1) is 18.6. The molecule has 3 N–H and O–H groups in total. The number of halogens is 1. The number of hydrogen-bond acceptors (Lipinski definition) is 4. The van der Waals surface area contributed by atoms with Crippen LogP contribution in [0.1, 0.15) is 37.0 Å². The summed E-state index contributed by atoms with van der Waals surface area (Å²) in [5.74, 6) is 0.692. The molecule has 1 aliphatic carbocycles. The zero-order valence-electron chi connectivity index (χ0n) is 13.7. The molecule has 0 aliphatic heterocycles. The number of thiophene rings is 1. The average Bonchev–Trinajstić information content (AvgIpc) is 3.10. The van der Waals surface area contributed by atoms with Gasteiger partial charge in [0, 0.05) is 10.6 Å². The molecule has 6 heteroatoms. The number of benzene rings is 1. The molecule has 3 rings (SSSR count). The second-order valence-corrected chi connectivity index (χ2v) is 6.98. The lowest BCUT2D eigenvalue weighted by Gasteiger charge is -2.35. The Morgan fingerprint density at radius 1 is 1.25 bits per heavy atom. The van der Waals surface area contributed by atoms with Crippen LogP contribution in [0.3, 0.4) is 0 Å². The number of hydrogen-bond donors (Lipinski definition) is 2. The van der Waals surface area contributed by atoms with Crippen LogP contribution in [-0.2, 0) is 10.2 Å². The minimum Gasteiger partial charge on any atom is -0.495 e. The second-order valence-electron chi connectivity index (χ2n) is 6.03. The van der Waals surface area contributed by atoms with Gasteiger partial charge in [0.05, 0.1) is 18.2 Å². The Labute approximate surface area is 152 Å². The van der Waals surface area contributed by atoms with Gasteiger partial charge >= 0.3 is 0 Å². The Kier molecular flexibility index (Phi) is 6.13. The van der Waals surface area contributed by atoms with Crippen molar-refractivity contribution in [1.82, 2.24) is 0 Å². The van der Waals surface area contributed by atoms with Gasteiger partial charge < -0.3 is 15.8 Å². The number of methoxy groups -OCH3 is 1. The smallest absolute Gasteiger partial charge is 0.235 e. The third-order valence-electron chi connectivity index (χ3n) is 4.62. The normalized spacial score (nSPS) is 16.0. The SMILES string of the molecule is COc1ccc(NC(=O)C2(c3cccs3)CCCCC2)cc1N.Cl. The van der Waals surface area contributed by atoms with Crippen molar-refractivity contribution in [1.29, 1.82) is 0 Å². The van der Waals surface area contributed by atoms with Crippen molar-refractivity contribution in [2.24, 2.45) is 0 Å². The van der Waals surface area contributed by atoms with E-state index in [2.05, 4.69) is 11.4 Å². The summed E-state index contributed by atoms with van der Waals surface area (Å²) in [5, 5.41) is 5.11. The van der Waals surface area contributed by atoms with Gasteiger partial charge in [-0.15, -0.1) is 23.7 Å². The van der Waals surface area contributed by atoms with Crippen LogP contribution in [-0.4, -0.2) is 13.0 Å². The standard InChI is InChI=1S/C18H22N2O2S.ClH/c1-22-15-8-7-13(12-14(15)19)20-17(21)18(9-3-2-4-10-18)16-6-5-11-23-16;/h5-8,11-12H,2-4,9-10,19H2,1H3,(H,20,21);1H. The van der Waals surface area contributed by atoms with E-state index in [-0.39, 0.29) is 18.3 Å². The summed E-state index contributed by atoms with van der Waals surface area (Å²) >= 11 is 1.67. The van der Waals surface area contributed by atoms with E-state index in [0.717, 1.165) is 36.2 Å². The minimum atomic E-state index is -0.402. The highest BCUT2D eigenvalue weighted by Gasteiger charge is 2.41. The molecule has 0 radical (unpaired) electrons. The highest BCUT2D eigenvalue weighted by molar-refractivity contribution is 7.10. The topological polar surface area (TPSA) is 64.3 Å². The van der Waals surface area contributed by atoms with Crippen LogP contribution in [0.25, 0.3) is 0 Å². The van der Waals surface area contributed by atoms with Gasteiger partial charge in [-0.05, 0) is 42.5 Å². The number of carbonyl (C=O) groups is 1. The van der Waals surface area contributed by atoms with Gasteiger partial charge in [0.2, 0.25) is 5.91 Å². The molecule has 1 aliphatic rings. The molecule has 1 heterocycles. The van der Waals surface area contributed by atoms with Crippen LogP contribution >= 0.6 is 23.7 Å². The van der Waals surface area contributed by atoms with Crippen molar-refractivity contribution < 1.29 is 9.53 Å². The highest BCUT2D eigenvalue weighted by atomic mass is 35.5. The molecule has 1 aromatic heterocycles. The maximum Gasteiger partial charge on any atom is 0.235 e. The Balaban J connectivity index is 0.00000208. The summed E-state index contributed by atoms with van der Waals surface area (Å²) in [7, 11) is 1.58. The number of nitrogens with two attached hydrogens (primary N) is 1. The molecule has 0 bridgehead atoms. The summed E-state index contributed by atoms with van der Waals surface area (Å²) < 4.78 is 5.16. The summed E-state index contributed by atoms with van der Waals surface area (Å²) in [4.78, 5) is 14.2. The second kappa shape index (κ2) is 7.90. The van der Waals surface area contributed by atoms with Crippen LogP contribution in [0, 0.1) is 0 Å². The maximum atomic E-state index is 13.1. The van der Waals surface area contributed by atoms with E-state index in [1.807, 2.05) is 17.5 Å². The summed E-state index contributed by atoms with van der Waals surface area (Å²) in [6.07, 6.45) is 5.21. The number of ether oxygens (including phenoxy) is 1. The Morgan fingerprint density at radius 3 is 2.58 bits per heavy atom. The zero-order chi connectivity index (χ0) is 16.3. The van der Waals surface area contributed by atoms with Crippen LogP contribution in [0.5, 0.6) is 5.75 Å². The molecule has 24 heavy (non-hydrogen) atoms. The quantitative estimate of drug-likeness (QED) is 0.777. The first-order chi connectivity index (χ1) is 11.2. The van der Waals surface area contributed by atoms with E-state index in [1.165, 1.54) is 6.42 Å². The third-order valence-corrected chi connectivity index (χ3v) is 5.70. The Morgan fingerprint density at radius 2 is 2.00 bits per heavy atom. The first-order valence-electron chi connectivity index (χ1n) is 7.95. The molecule has 0 saturated heterocycles. The fourth-order valence-electron chi connectivity index (χ4n) is 3.35. The van der Waals surface area contributed by atoms with Crippen molar-refractivity contribution >= 4 is 41.0 Å². The summed E-state index contributed by atoms with van der Waals surface area (Å²) in [6, 6.07) is 9.47. The first-order valence-corrected chi connectivity index (χ1v) is 8.83. The molecule has 1 fully saturated rings. The van der Waals surface area contributed by atoms with Gasteiger partial charge in [-0.2, -0.15) is 0 Å². The number of rotatable bonds is 4. The van der Waals surface area contributed by atoms with Gasteiger partial charge in [-0.1, -0.05) is 25.3 Å². The fourth-order valence-corrected chi connectivity index (χ4v) is 4.34. The van der Waals surface area contributed by atoms with Crippen molar-refractivity contribution in [3.8, 4) is 5.75 Å². The van der Waals surface area contributed by atoms with E-state index in [0.29, 0.717) is 11.4 Å². The molecule has 0 spiro atoms. The van der Waals surface area contributed by atoms with E-state index in [4.69, 9.17) is 10.5 Å². The predicted octanol–water partition coefficient (Wildman–Crippen LogP) is 4.60. The number of carbonyl (C=O) groups excluding carboxylic acids is 1. The summed E-state index contributed by atoms with van der Waals surface area (Å²) in [6.45, 7) is 0. The largest absolute Gasteiger partial charge is 0.495 e. The Bertz CT molecular complexity index is 682. The van der Waals surface area contributed by atoms with Crippen LogP contribution in [0.15, 0.2) is 35.7 Å². The van der Waals surface area contributed by atoms with Gasteiger partial charge in [-0.25, -0.2) is 0 Å². The van der Waals surface area contributed by atoms with Crippen LogP contribution in [0.4, 0.5) is 11.4 Å². The zero-order valence-corrected chi connectivity index (χ0v) is 15.3. The summed E-state index contributed by atoms with van der Waals surface area (Å²) in [5.41, 5.74) is 6.78. The number of amides is 1. The maximum absolute atomic E-state index is 13.1. The molecule has 0 atom stereocenters. The lowest BCUT2D eigenvalue weighted by molar-refractivity contribution is -0.122. The number of nitrogen functional groups attached to an aromatic ring is 1. The fraction of sp³-hybridized carbons (Fsp3) is 0.389. The number of anilines is 2. The molecule has 4 nitrogen and oxygen atoms in total. The lowest BCUT2D eigenvalue weighted by atomic mass is 9.72. The van der Waals surface area contributed by atoms with E-state index >= 15 is 0 Å². The molecule has 1 amide bonds. The van der Waals surface area contributed by atoms with Gasteiger partial charge in [-0.3, -0.25) is 4.79 Å². The third kappa shape index (κ3) is 3.52. The average molecular weight is 367 g/mol. The predicted molar refractivity (Wildman–Crippen MR) is 102 cm³/mol. The van der Waals surface area contributed by atoms with Crippen molar-refractivity contribution in [3.63, 3.8) is 0 Å². The Hall–Kier alpha value is -1.72. The van der Waals surface area contributed by atoms with Crippen molar-refractivity contribution in [2.45, 2.75) is 37.5 Å². The van der Waals surface area contributed by atoms with Crippen molar-refractivity contribution in [2.75, 3.05) is 18.2 Å². The van der Waals surface area contributed by atoms with Crippen LogP contribution in [0.2, 0.25) is 0 Å². The molecule has 2 aromatic rings. The molecular weight excluding hydrogens is 344 g/mol. The molecule has 0 unspecified atom stereocenters. The molecular formula is C18H23ClN2O2S. The highest BCUT2D eigenvalue weighted by Crippen LogP contribution is 2.42. The lowest BCUT2D eigenvalue weighted by Crippen LogP contribution is -2.41. The van der Waals surface area contributed by atoms with E-state index < -0.39 is 5.41 Å². The number of nitrogens with one attached hydrogen (secondary N) is 1. The molecule has 1 saturated carbocycles. The monoisotopic (exact) mass is 366 g/mol. The van der Waals surface area contributed by atoms with Crippen molar-refractivity contribution in [3.05, 3.63) is 40.6 Å². The van der Waals surface area contributed by atoms with Gasteiger partial charge in [0.1, 0.15) is 5.75 Å². The van der Waals surface area contributed by atoms with E-state index in [9.17, 15) is 4.79 Å². The van der Waals surface area contributed by atoms with E-state index in [1.54, 1.807) is 30.6 Å².